The molecule has 1 aromatic heterocycles. The maximum absolute atomic E-state index is 6.35. The topological polar surface area (TPSA) is 48.4 Å². The standard InChI is InChI=1S/C15H18ClNO2/c1-15(6-2-3-7-18-15)14(17)13-9-10-8-11(16)4-5-12(10)19-13/h4-5,8-9,14H,2-3,6-7,17H2,1H3. The molecule has 1 aliphatic heterocycles. The van der Waals surface area contributed by atoms with E-state index >= 15 is 0 Å². The van der Waals surface area contributed by atoms with Crippen LogP contribution < -0.4 is 5.73 Å². The van der Waals surface area contributed by atoms with Crippen LogP contribution in [0.5, 0.6) is 0 Å². The van der Waals surface area contributed by atoms with Gasteiger partial charge in [-0.2, -0.15) is 0 Å². The zero-order chi connectivity index (χ0) is 13.5. The number of fused-ring (bicyclic) bond motifs is 1. The second-order valence-electron chi connectivity index (χ2n) is 5.43. The van der Waals surface area contributed by atoms with Crippen molar-refractivity contribution >= 4 is 22.6 Å². The van der Waals surface area contributed by atoms with Gasteiger partial charge >= 0.3 is 0 Å². The lowest BCUT2D eigenvalue weighted by atomic mass is 9.87. The third-order valence-electron chi connectivity index (χ3n) is 3.96. The summed E-state index contributed by atoms with van der Waals surface area (Å²) < 4.78 is 11.7. The Hall–Kier alpha value is -1.03. The van der Waals surface area contributed by atoms with Crippen LogP contribution >= 0.6 is 11.6 Å². The van der Waals surface area contributed by atoms with Crippen molar-refractivity contribution in [2.45, 2.75) is 37.8 Å². The monoisotopic (exact) mass is 279 g/mol. The predicted octanol–water partition coefficient (Wildman–Crippen LogP) is 4.05. The molecule has 2 unspecified atom stereocenters. The molecule has 0 radical (unpaired) electrons. The summed E-state index contributed by atoms with van der Waals surface area (Å²) in [4.78, 5) is 0. The van der Waals surface area contributed by atoms with Crippen molar-refractivity contribution in [3.63, 3.8) is 0 Å². The molecule has 0 saturated carbocycles. The van der Waals surface area contributed by atoms with Gasteiger partial charge in [-0.05, 0) is 50.5 Å². The first-order valence-electron chi connectivity index (χ1n) is 6.67. The minimum Gasteiger partial charge on any atom is -0.459 e. The Balaban J connectivity index is 1.94. The third-order valence-corrected chi connectivity index (χ3v) is 4.20. The van der Waals surface area contributed by atoms with Crippen LogP contribution in [0.3, 0.4) is 0 Å². The first-order chi connectivity index (χ1) is 9.08. The molecule has 1 aliphatic rings. The lowest BCUT2D eigenvalue weighted by Crippen LogP contribution is -2.43. The van der Waals surface area contributed by atoms with E-state index < -0.39 is 0 Å². The van der Waals surface area contributed by atoms with E-state index in [1.807, 2.05) is 24.3 Å². The Morgan fingerprint density at radius 3 is 2.89 bits per heavy atom. The Labute approximate surface area is 117 Å². The molecule has 0 bridgehead atoms. The van der Waals surface area contributed by atoms with Gasteiger partial charge in [0.25, 0.3) is 0 Å². The van der Waals surface area contributed by atoms with Crippen molar-refractivity contribution in [3.8, 4) is 0 Å². The summed E-state index contributed by atoms with van der Waals surface area (Å²) in [6.45, 7) is 2.84. The normalized spacial score (nSPS) is 25.6. The molecular formula is C15H18ClNO2. The number of halogens is 1. The smallest absolute Gasteiger partial charge is 0.134 e. The molecule has 2 atom stereocenters. The third kappa shape index (κ3) is 2.38. The van der Waals surface area contributed by atoms with Gasteiger partial charge in [0.1, 0.15) is 11.3 Å². The summed E-state index contributed by atoms with van der Waals surface area (Å²) in [5, 5.41) is 1.69. The zero-order valence-corrected chi connectivity index (χ0v) is 11.7. The highest BCUT2D eigenvalue weighted by Gasteiger charge is 2.37. The molecule has 3 rings (SSSR count). The van der Waals surface area contributed by atoms with Crippen molar-refractivity contribution in [1.29, 1.82) is 0 Å². The molecule has 1 saturated heterocycles. The van der Waals surface area contributed by atoms with Crippen LogP contribution in [-0.4, -0.2) is 12.2 Å². The number of benzene rings is 1. The molecule has 0 aliphatic carbocycles. The summed E-state index contributed by atoms with van der Waals surface area (Å²) in [6.07, 6.45) is 3.22. The molecule has 2 N–H and O–H groups in total. The fourth-order valence-electron chi connectivity index (χ4n) is 2.69. The molecule has 1 fully saturated rings. The summed E-state index contributed by atoms with van der Waals surface area (Å²) in [5.41, 5.74) is 6.83. The van der Waals surface area contributed by atoms with E-state index in [2.05, 4.69) is 6.92 Å². The molecule has 2 aromatic rings. The number of furan rings is 1. The van der Waals surface area contributed by atoms with Gasteiger partial charge in [-0.3, -0.25) is 0 Å². The molecule has 3 nitrogen and oxygen atoms in total. The van der Waals surface area contributed by atoms with E-state index in [9.17, 15) is 0 Å². The van der Waals surface area contributed by atoms with Gasteiger partial charge in [0.05, 0.1) is 11.6 Å². The van der Waals surface area contributed by atoms with Crippen LogP contribution in [0, 0.1) is 0 Å². The second-order valence-corrected chi connectivity index (χ2v) is 5.86. The Bertz CT molecular complexity index is 587. The van der Waals surface area contributed by atoms with Gasteiger partial charge in [0, 0.05) is 17.0 Å². The molecule has 102 valence electrons. The second kappa shape index (κ2) is 4.82. The highest BCUT2D eigenvalue weighted by Crippen LogP contribution is 2.37. The quantitative estimate of drug-likeness (QED) is 0.902. The van der Waals surface area contributed by atoms with Gasteiger partial charge in [-0.25, -0.2) is 0 Å². The van der Waals surface area contributed by atoms with E-state index in [1.54, 1.807) is 0 Å². The number of rotatable bonds is 2. The van der Waals surface area contributed by atoms with Crippen LogP contribution in [0.1, 0.15) is 38.0 Å². The number of hydrogen-bond donors (Lipinski definition) is 1. The van der Waals surface area contributed by atoms with Crippen LogP contribution in [0.15, 0.2) is 28.7 Å². The Morgan fingerprint density at radius 1 is 1.32 bits per heavy atom. The molecule has 4 heteroatoms. The van der Waals surface area contributed by atoms with Crippen LogP contribution in [0.25, 0.3) is 11.0 Å². The highest BCUT2D eigenvalue weighted by atomic mass is 35.5. The zero-order valence-electron chi connectivity index (χ0n) is 11.0. The fourth-order valence-corrected chi connectivity index (χ4v) is 2.87. The lowest BCUT2D eigenvalue weighted by Gasteiger charge is -2.37. The maximum Gasteiger partial charge on any atom is 0.134 e. The van der Waals surface area contributed by atoms with Crippen LogP contribution in [0.4, 0.5) is 0 Å². The SMILES string of the molecule is CC1(C(N)c2cc3cc(Cl)ccc3o2)CCCCO1. The maximum atomic E-state index is 6.35. The van der Waals surface area contributed by atoms with Gasteiger partial charge in [-0.15, -0.1) is 0 Å². The van der Waals surface area contributed by atoms with Crippen molar-refractivity contribution < 1.29 is 9.15 Å². The highest BCUT2D eigenvalue weighted by molar-refractivity contribution is 6.31. The Morgan fingerprint density at radius 2 is 2.16 bits per heavy atom. The van der Waals surface area contributed by atoms with E-state index in [0.29, 0.717) is 5.02 Å². The molecule has 2 heterocycles. The Kier molecular flexibility index (Phi) is 3.29. The van der Waals surface area contributed by atoms with Gasteiger partial charge in [-0.1, -0.05) is 11.6 Å². The first kappa shape index (κ1) is 13.0. The lowest BCUT2D eigenvalue weighted by molar-refractivity contribution is -0.0852. The summed E-state index contributed by atoms with van der Waals surface area (Å²) in [7, 11) is 0. The average molecular weight is 280 g/mol. The predicted molar refractivity (Wildman–Crippen MR) is 76.4 cm³/mol. The largest absolute Gasteiger partial charge is 0.459 e. The van der Waals surface area contributed by atoms with E-state index in [0.717, 1.165) is 42.6 Å². The minimum atomic E-state index is -0.337. The fraction of sp³-hybridized carbons (Fsp3) is 0.467. The van der Waals surface area contributed by atoms with Gasteiger partial charge in [0.2, 0.25) is 0 Å². The first-order valence-corrected chi connectivity index (χ1v) is 7.05. The van der Waals surface area contributed by atoms with Gasteiger partial charge < -0.3 is 14.9 Å². The van der Waals surface area contributed by atoms with E-state index in [4.69, 9.17) is 26.5 Å². The van der Waals surface area contributed by atoms with Crippen molar-refractivity contribution in [1.82, 2.24) is 0 Å². The summed E-state index contributed by atoms with van der Waals surface area (Å²) in [5.74, 6) is 0.765. The molecule has 19 heavy (non-hydrogen) atoms. The molecule has 0 amide bonds. The van der Waals surface area contributed by atoms with Crippen molar-refractivity contribution in [2.75, 3.05) is 6.61 Å². The number of nitrogens with two attached hydrogens (primary N) is 1. The van der Waals surface area contributed by atoms with Crippen LogP contribution in [-0.2, 0) is 4.74 Å². The summed E-state index contributed by atoms with van der Waals surface area (Å²) in [6, 6.07) is 7.30. The average Bonchev–Trinajstić information content (AvgIpc) is 2.81. The molecule has 1 aromatic carbocycles. The minimum absolute atomic E-state index is 0.251. The number of hydrogen-bond acceptors (Lipinski definition) is 3. The molecule has 0 spiro atoms. The number of ether oxygens (including phenoxy) is 1. The van der Waals surface area contributed by atoms with Gasteiger partial charge in [0.15, 0.2) is 0 Å². The van der Waals surface area contributed by atoms with Crippen LogP contribution in [0.2, 0.25) is 5.02 Å². The van der Waals surface area contributed by atoms with Crippen molar-refractivity contribution in [2.24, 2.45) is 5.73 Å². The van der Waals surface area contributed by atoms with Crippen molar-refractivity contribution in [3.05, 3.63) is 35.0 Å². The molecular weight excluding hydrogens is 262 g/mol. The van der Waals surface area contributed by atoms with E-state index in [-0.39, 0.29) is 11.6 Å². The van der Waals surface area contributed by atoms with E-state index in [1.165, 1.54) is 0 Å². The summed E-state index contributed by atoms with van der Waals surface area (Å²) >= 11 is 5.99.